The molecule has 1 heterocycles. The molecule has 2 aliphatic rings. The van der Waals surface area contributed by atoms with Gasteiger partial charge in [-0.15, -0.1) is 11.3 Å². The summed E-state index contributed by atoms with van der Waals surface area (Å²) >= 11 is 1.95. The van der Waals surface area contributed by atoms with Crippen molar-refractivity contribution in [1.82, 2.24) is 0 Å². The van der Waals surface area contributed by atoms with E-state index in [0.29, 0.717) is 5.92 Å². The van der Waals surface area contributed by atoms with Crippen LogP contribution in [0.3, 0.4) is 0 Å². The summed E-state index contributed by atoms with van der Waals surface area (Å²) in [6.07, 6.45) is 8.02. The Balaban J connectivity index is 1.04. The number of hydrogen-bond donors (Lipinski definition) is 0. The van der Waals surface area contributed by atoms with Crippen LogP contribution in [-0.4, -0.2) is 0 Å². The Morgan fingerprint density at radius 3 is 1.87 bits per heavy atom. The van der Waals surface area contributed by atoms with Crippen LogP contribution in [0, 0.1) is 0 Å². The van der Waals surface area contributed by atoms with Gasteiger partial charge in [0.15, 0.2) is 0 Å². The molecule has 0 amide bonds. The van der Waals surface area contributed by atoms with E-state index in [2.05, 4.69) is 201 Å². The Kier molecular flexibility index (Phi) is 7.56. The first-order valence-electron chi connectivity index (χ1n) is 18.6. The Morgan fingerprint density at radius 2 is 1.15 bits per heavy atom. The van der Waals surface area contributed by atoms with E-state index in [9.17, 15) is 0 Å². The van der Waals surface area contributed by atoms with Crippen molar-refractivity contribution in [2.75, 3.05) is 4.90 Å². The van der Waals surface area contributed by atoms with Crippen LogP contribution < -0.4 is 4.90 Å². The molecule has 254 valence electrons. The molecule has 0 N–H and O–H groups in total. The molecule has 0 bridgehead atoms. The summed E-state index contributed by atoms with van der Waals surface area (Å²) in [5.41, 5.74) is 15.5. The van der Waals surface area contributed by atoms with E-state index >= 15 is 0 Å². The Labute approximate surface area is 315 Å². The standard InChI is InChI=1S/C51H39NS/c1-51(2)46-19-10-9-16-45(46)48-47(51)33-32-44-43-18-11-17-42(49(43)53-50(44)48)38-24-30-41(31-25-38)52(39-26-20-36(21-27-39)34-12-5-3-6-13-34)40-28-22-37(23-29-40)35-14-7-4-8-15-35/h3-22,24-33,37H,23H2,1-2H3. The van der Waals surface area contributed by atoms with Gasteiger partial charge in [-0.2, -0.15) is 0 Å². The number of allylic oxidation sites excluding steroid dienone is 3. The van der Waals surface area contributed by atoms with Crippen molar-refractivity contribution in [2.45, 2.75) is 31.6 Å². The van der Waals surface area contributed by atoms with Crippen LogP contribution >= 0.6 is 11.3 Å². The molecule has 1 aromatic heterocycles. The van der Waals surface area contributed by atoms with Crippen LogP contribution in [0.25, 0.3) is 53.6 Å². The minimum absolute atomic E-state index is 0.00584. The zero-order valence-electron chi connectivity index (χ0n) is 30.0. The molecule has 2 heteroatoms. The van der Waals surface area contributed by atoms with Crippen molar-refractivity contribution < 1.29 is 0 Å². The van der Waals surface area contributed by atoms with E-state index in [1.807, 2.05) is 11.3 Å². The van der Waals surface area contributed by atoms with Gasteiger partial charge in [0, 0.05) is 54.1 Å². The molecule has 1 nitrogen and oxygen atoms in total. The van der Waals surface area contributed by atoms with Crippen molar-refractivity contribution in [2.24, 2.45) is 0 Å². The Bertz CT molecular complexity index is 2700. The van der Waals surface area contributed by atoms with Gasteiger partial charge < -0.3 is 4.90 Å². The van der Waals surface area contributed by atoms with Gasteiger partial charge in [-0.25, -0.2) is 0 Å². The maximum absolute atomic E-state index is 2.40. The van der Waals surface area contributed by atoms with Gasteiger partial charge in [-0.1, -0.05) is 166 Å². The molecule has 0 saturated heterocycles. The van der Waals surface area contributed by atoms with E-state index in [1.165, 1.54) is 75.9 Å². The number of benzene rings is 7. The first-order valence-corrected chi connectivity index (χ1v) is 19.4. The number of thiophene rings is 1. The normalized spacial score (nSPS) is 15.7. The lowest BCUT2D eigenvalue weighted by Gasteiger charge is -2.29. The minimum Gasteiger partial charge on any atom is -0.311 e. The van der Waals surface area contributed by atoms with E-state index in [4.69, 9.17) is 0 Å². The largest absolute Gasteiger partial charge is 0.311 e. The van der Waals surface area contributed by atoms with Crippen molar-refractivity contribution in [3.05, 3.63) is 204 Å². The molecule has 1 unspecified atom stereocenters. The number of anilines is 2. The second-order valence-electron chi connectivity index (χ2n) is 14.9. The van der Waals surface area contributed by atoms with Crippen LogP contribution in [0.5, 0.6) is 0 Å². The molecule has 0 aliphatic heterocycles. The number of fused-ring (bicyclic) bond motifs is 7. The molecular formula is C51H39NS. The van der Waals surface area contributed by atoms with Crippen molar-refractivity contribution in [1.29, 1.82) is 0 Å². The fourth-order valence-corrected chi connectivity index (χ4v) is 10.1. The number of hydrogen-bond acceptors (Lipinski definition) is 2. The molecular weight excluding hydrogens is 659 g/mol. The Hall–Kier alpha value is -5.96. The third kappa shape index (κ3) is 5.28. The summed E-state index contributed by atoms with van der Waals surface area (Å²) in [4.78, 5) is 2.40. The van der Waals surface area contributed by atoms with Gasteiger partial charge in [0.25, 0.3) is 0 Å². The predicted octanol–water partition coefficient (Wildman–Crippen LogP) is 14.5. The summed E-state index contributed by atoms with van der Waals surface area (Å²) in [6, 6.07) is 60.2. The summed E-state index contributed by atoms with van der Waals surface area (Å²) in [5, 5.41) is 2.69. The maximum atomic E-state index is 2.40. The van der Waals surface area contributed by atoms with Crippen LogP contribution in [0.1, 0.15) is 42.9 Å². The van der Waals surface area contributed by atoms with Crippen molar-refractivity contribution in [3.63, 3.8) is 0 Å². The summed E-state index contributed by atoms with van der Waals surface area (Å²) < 4.78 is 2.75. The first-order chi connectivity index (χ1) is 26.0. The summed E-state index contributed by atoms with van der Waals surface area (Å²) in [5.74, 6) is 0.382. The molecule has 0 spiro atoms. The second kappa shape index (κ2) is 12.6. The van der Waals surface area contributed by atoms with Gasteiger partial charge in [0.2, 0.25) is 0 Å². The quantitative estimate of drug-likeness (QED) is 0.167. The zero-order valence-corrected chi connectivity index (χ0v) is 30.8. The minimum atomic E-state index is -0.00584. The van der Waals surface area contributed by atoms with Gasteiger partial charge >= 0.3 is 0 Å². The third-order valence-corrected chi connectivity index (χ3v) is 12.7. The molecule has 2 aliphatic carbocycles. The fourth-order valence-electron chi connectivity index (χ4n) is 8.66. The van der Waals surface area contributed by atoms with E-state index in [-0.39, 0.29) is 5.41 Å². The Morgan fingerprint density at radius 1 is 0.528 bits per heavy atom. The van der Waals surface area contributed by atoms with Crippen molar-refractivity contribution >= 4 is 42.9 Å². The van der Waals surface area contributed by atoms with Crippen LogP contribution in [-0.2, 0) is 5.41 Å². The SMILES string of the molecule is CC1(C)c2ccccc2-c2c1ccc1c2sc2c(-c3ccc(N(C4=CCC(c5ccccc5)C=C4)c4ccc(-c5ccccc5)cc4)cc3)cccc21. The lowest BCUT2D eigenvalue weighted by molar-refractivity contribution is 0.661. The summed E-state index contributed by atoms with van der Waals surface area (Å²) in [6.45, 7) is 4.73. The maximum Gasteiger partial charge on any atom is 0.0461 e. The molecule has 53 heavy (non-hydrogen) atoms. The van der Waals surface area contributed by atoms with Crippen LogP contribution in [0.2, 0.25) is 0 Å². The van der Waals surface area contributed by atoms with Crippen LogP contribution in [0.15, 0.2) is 188 Å². The lowest BCUT2D eigenvalue weighted by Crippen LogP contribution is -2.17. The van der Waals surface area contributed by atoms with Gasteiger partial charge in [0.1, 0.15) is 0 Å². The predicted molar refractivity (Wildman–Crippen MR) is 227 cm³/mol. The molecule has 7 aromatic carbocycles. The smallest absolute Gasteiger partial charge is 0.0461 e. The van der Waals surface area contributed by atoms with Gasteiger partial charge in [-0.3, -0.25) is 0 Å². The highest BCUT2D eigenvalue weighted by Crippen LogP contribution is 2.54. The second-order valence-corrected chi connectivity index (χ2v) is 15.9. The molecule has 0 saturated carbocycles. The highest BCUT2D eigenvalue weighted by molar-refractivity contribution is 7.27. The molecule has 0 radical (unpaired) electrons. The van der Waals surface area contributed by atoms with E-state index < -0.39 is 0 Å². The first kappa shape index (κ1) is 31.7. The lowest BCUT2D eigenvalue weighted by atomic mass is 9.82. The van der Waals surface area contributed by atoms with Crippen molar-refractivity contribution in [3.8, 4) is 33.4 Å². The zero-order chi connectivity index (χ0) is 35.5. The van der Waals surface area contributed by atoms with Gasteiger partial charge in [-0.05, 0) is 81.3 Å². The van der Waals surface area contributed by atoms with E-state index in [1.54, 1.807) is 0 Å². The molecule has 1 atom stereocenters. The monoisotopic (exact) mass is 697 g/mol. The fraction of sp³-hybridized carbons (Fsp3) is 0.0980. The number of nitrogens with zero attached hydrogens (tertiary/aromatic N) is 1. The highest BCUT2D eigenvalue weighted by atomic mass is 32.1. The molecule has 10 rings (SSSR count). The van der Waals surface area contributed by atoms with Gasteiger partial charge in [0.05, 0.1) is 0 Å². The summed E-state index contributed by atoms with van der Waals surface area (Å²) in [7, 11) is 0. The molecule has 8 aromatic rings. The highest BCUT2D eigenvalue weighted by Gasteiger charge is 2.36. The molecule has 0 fully saturated rings. The number of rotatable bonds is 6. The van der Waals surface area contributed by atoms with E-state index in [0.717, 1.165) is 17.8 Å². The topological polar surface area (TPSA) is 3.24 Å². The average molecular weight is 698 g/mol. The third-order valence-electron chi connectivity index (χ3n) is 11.4. The van der Waals surface area contributed by atoms with Crippen LogP contribution in [0.4, 0.5) is 11.4 Å². The average Bonchev–Trinajstić information content (AvgIpc) is 3.72.